The quantitative estimate of drug-likeness (QED) is 0.552. The molecule has 6 heteroatoms. The first-order valence-electron chi connectivity index (χ1n) is 3.53. The summed E-state index contributed by atoms with van der Waals surface area (Å²) < 4.78 is 5.17. The first-order valence-corrected chi connectivity index (χ1v) is 3.53. The van der Waals surface area contributed by atoms with E-state index in [9.17, 15) is 0 Å². The fourth-order valence-corrected chi connectivity index (χ4v) is 0.601. The van der Waals surface area contributed by atoms with Gasteiger partial charge in [-0.05, 0) is 19.1 Å². The van der Waals surface area contributed by atoms with Gasteiger partial charge in [-0.1, -0.05) is 0 Å². The molecule has 0 aliphatic carbocycles. The molecule has 0 saturated heterocycles. The second kappa shape index (κ2) is 6.84. The van der Waals surface area contributed by atoms with Crippen molar-refractivity contribution in [2.45, 2.75) is 6.92 Å². The lowest BCUT2D eigenvalue weighted by Gasteiger charge is -1.98. The van der Waals surface area contributed by atoms with E-state index in [4.69, 9.17) is 20.1 Å². The Bertz CT molecular complexity index is 236. The van der Waals surface area contributed by atoms with Crippen LogP contribution in [0, 0.1) is 10.1 Å². The Balaban J connectivity index is 0.000000310. The minimum atomic E-state index is -1.50. The van der Waals surface area contributed by atoms with E-state index in [1.807, 2.05) is 19.1 Å². The van der Waals surface area contributed by atoms with Gasteiger partial charge in [0.25, 0.3) is 5.09 Å². The van der Waals surface area contributed by atoms with E-state index in [2.05, 4.69) is 4.98 Å². The van der Waals surface area contributed by atoms with Crippen molar-refractivity contribution in [2.75, 3.05) is 6.61 Å². The second-order valence-electron chi connectivity index (χ2n) is 1.85. The average molecular weight is 186 g/mol. The number of pyridine rings is 1. The van der Waals surface area contributed by atoms with Crippen molar-refractivity contribution < 1.29 is 15.0 Å². The minimum absolute atomic E-state index is 0.712. The average Bonchev–Trinajstić information content (AvgIpc) is 2.06. The lowest BCUT2D eigenvalue weighted by Crippen LogP contribution is -1.89. The van der Waals surface area contributed by atoms with Crippen LogP contribution in [0.4, 0.5) is 0 Å². The Morgan fingerprint density at radius 2 is 2.08 bits per heavy atom. The lowest BCUT2D eigenvalue weighted by atomic mass is 10.5. The summed E-state index contributed by atoms with van der Waals surface area (Å²) in [6, 6.07) is 3.67. The van der Waals surface area contributed by atoms with Gasteiger partial charge < -0.3 is 9.94 Å². The van der Waals surface area contributed by atoms with Crippen LogP contribution in [0.2, 0.25) is 0 Å². The molecule has 1 aromatic heterocycles. The molecule has 0 aliphatic heterocycles. The molecule has 0 amide bonds. The Labute approximate surface area is 74.9 Å². The van der Waals surface area contributed by atoms with Crippen LogP contribution in [0.25, 0.3) is 0 Å². The van der Waals surface area contributed by atoms with Crippen molar-refractivity contribution in [1.82, 2.24) is 4.98 Å². The van der Waals surface area contributed by atoms with Gasteiger partial charge in [0.15, 0.2) is 0 Å². The van der Waals surface area contributed by atoms with Crippen LogP contribution >= 0.6 is 0 Å². The highest BCUT2D eigenvalue weighted by Gasteiger charge is 1.84. The highest BCUT2D eigenvalue weighted by Crippen LogP contribution is 2.05. The van der Waals surface area contributed by atoms with Crippen LogP contribution < -0.4 is 4.74 Å². The smallest absolute Gasteiger partial charge is 0.291 e. The van der Waals surface area contributed by atoms with Crippen LogP contribution in [0.3, 0.4) is 0 Å². The highest BCUT2D eigenvalue weighted by atomic mass is 16.9. The van der Waals surface area contributed by atoms with Gasteiger partial charge in [0.1, 0.15) is 5.75 Å². The Kier molecular flexibility index (Phi) is 5.86. The Hall–Kier alpha value is -1.85. The van der Waals surface area contributed by atoms with Crippen LogP contribution in [0.1, 0.15) is 6.92 Å². The van der Waals surface area contributed by atoms with E-state index in [1.54, 1.807) is 12.4 Å². The second-order valence-corrected chi connectivity index (χ2v) is 1.85. The normalized spacial score (nSPS) is 8.08. The minimum Gasteiger partial charge on any atom is -0.494 e. The molecule has 1 rings (SSSR count). The van der Waals surface area contributed by atoms with Crippen molar-refractivity contribution in [1.29, 1.82) is 0 Å². The van der Waals surface area contributed by atoms with Crippen LogP contribution in [-0.4, -0.2) is 21.9 Å². The van der Waals surface area contributed by atoms with E-state index < -0.39 is 5.09 Å². The molecular formula is C7H10N2O4. The van der Waals surface area contributed by atoms with Gasteiger partial charge >= 0.3 is 0 Å². The zero-order valence-electron chi connectivity index (χ0n) is 7.08. The van der Waals surface area contributed by atoms with E-state index >= 15 is 0 Å². The molecule has 0 spiro atoms. The molecule has 13 heavy (non-hydrogen) atoms. The van der Waals surface area contributed by atoms with Crippen LogP contribution in [0.5, 0.6) is 5.75 Å². The number of ether oxygens (including phenoxy) is 1. The number of hydrogen-bond donors (Lipinski definition) is 1. The standard InChI is InChI=1S/C7H9NO.HNO3/c1-2-9-7-3-5-8-6-4-7;2-1(3)4/h3-6H,2H2,1H3;(H,2,3,4). The molecule has 1 aromatic rings. The molecule has 0 aromatic carbocycles. The predicted octanol–water partition coefficient (Wildman–Crippen LogP) is 1.13. The van der Waals surface area contributed by atoms with Crippen molar-refractivity contribution in [3.05, 3.63) is 34.6 Å². The van der Waals surface area contributed by atoms with Crippen molar-refractivity contribution in [2.24, 2.45) is 0 Å². The maximum atomic E-state index is 8.36. The van der Waals surface area contributed by atoms with Gasteiger partial charge in [0.2, 0.25) is 0 Å². The summed E-state index contributed by atoms with van der Waals surface area (Å²) in [6.45, 7) is 2.67. The van der Waals surface area contributed by atoms with Crippen molar-refractivity contribution in [3.8, 4) is 5.75 Å². The molecule has 0 unspecified atom stereocenters. The Morgan fingerprint density at radius 3 is 2.46 bits per heavy atom. The third-order valence-corrected chi connectivity index (χ3v) is 0.961. The van der Waals surface area contributed by atoms with E-state index in [0.29, 0.717) is 6.61 Å². The largest absolute Gasteiger partial charge is 0.494 e. The lowest BCUT2D eigenvalue weighted by molar-refractivity contribution is -0.742. The molecule has 0 bridgehead atoms. The monoisotopic (exact) mass is 186 g/mol. The topological polar surface area (TPSA) is 85.5 Å². The maximum Gasteiger partial charge on any atom is 0.291 e. The third kappa shape index (κ3) is 8.05. The number of aromatic nitrogens is 1. The van der Waals surface area contributed by atoms with Gasteiger partial charge in [0, 0.05) is 12.4 Å². The SMILES string of the molecule is CCOc1ccncc1.O=[N+]([O-])O. The molecular weight excluding hydrogens is 176 g/mol. The molecule has 0 atom stereocenters. The molecule has 1 N–H and O–H groups in total. The summed E-state index contributed by atoms with van der Waals surface area (Å²) in [5, 5.41) is 13.6. The van der Waals surface area contributed by atoms with E-state index in [1.165, 1.54) is 0 Å². The van der Waals surface area contributed by atoms with Crippen molar-refractivity contribution >= 4 is 0 Å². The molecule has 0 radical (unpaired) electrons. The van der Waals surface area contributed by atoms with Crippen LogP contribution in [0.15, 0.2) is 24.5 Å². The van der Waals surface area contributed by atoms with Crippen molar-refractivity contribution in [3.63, 3.8) is 0 Å². The molecule has 0 saturated carbocycles. The highest BCUT2D eigenvalue weighted by molar-refractivity contribution is 5.16. The number of nitrogens with zero attached hydrogens (tertiary/aromatic N) is 2. The maximum absolute atomic E-state index is 8.36. The number of hydrogen-bond acceptors (Lipinski definition) is 4. The molecule has 72 valence electrons. The Morgan fingerprint density at radius 1 is 1.62 bits per heavy atom. The fourth-order valence-electron chi connectivity index (χ4n) is 0.601. The zero-order valence-corrected chi connectivity index (χ0v) is 7.08. The van der Waals surface area contributed by atoms with E-state index in [0.717, 1.165) is 5.75 Å². The molecule has 0 fully saturated rings. The van der Waals surface area contributed by atoms with Gasteiger partial charge in [-0.15, -0.1) is 10.1 Å². The third-order valence-electron chi connectivity index (χ3n) is 0.961. The molecule has 0 aliphatic rings. The zero-order chi connectivity index (χ0) is 10.1. The summed E-state index contributed by atoms with van der Waals surface area (Å²) in [5.74, 6) is 0.882. The first kappa shape index (κ1) is 11.2. The van der Waals surface area contributed by atoms with E-state index in [-0.39, 0.29) is 0 Å². The summed E-state index contributed by atoms with van der Waals surface area (Å²) in [5.41, 5.74) is 0. The van der Waals surface area contributed by atoms with Crippen LogP contribution in [-0.2, 0) is 0 Å². The first-order chi connectivity index (χ1) is 6.16. The molecule has 1 heterocycles. The summed E-state index contributed by atoms with van der Waals surface area (Å²) in [6.07, 6.45) is 3.43. The van der Waals surface area contributed by atoms with Gasteiger partial charge in [-0.2, -0.15) is 0 Å². The van der Waals surface area contributed by atoms with Gasteiger partial charge in [-0.3, -0.25) is 4.98 Å². The summed E-state index contributed by atoms with van der Waals surface area (Å²) in [7, 11) is 0. The summed E-state index contributed by atoms with van der Waals surface area (Å²) >= 11 is 0. The van der Waals surface area contributed by atoms with Gasteiger partial charge in [0.05, 0.1) is 6.61 Å². The molecule has 6 nitrogen and oxygen atoms in total. The van der Waals surface area contributed by atoms with Gasteiger partial charge in [-0.25, -0.2) is 0 Å². The summed E-state index contributed by atoms with van der Waals surface area (Å²) in [4.78, 5) is 12.2. The fraction of sp³-hybridized carbons (Fsp3) is 0.286. The number of rotatable bonds is 2. The predicted molar refractivity (Wildman–Crippen MR) is 44.2 cm³/mol.